The lowest BCUT2D eigenvalue weighted by molar-refractivity contribution is -0.160. The van der Waals surface area contributed by atoms with E-state index in [1.165, 1.54) is 0 Å². The molecule has 2 fully saturated rings. The van der Waals surface area contributed by atoms with Gasteiger partial charge in [-0.25, -0.2) is 0 Å². The maximum absolute atomic E-state index is 14.1. The smallest absolute Gasteiger partial charge is 0.313 e. The van der Waals surface area contributed by atoms with Gasteiger partial charge in [-0.15, -0.1) is 0 Å². The van der Waals surface area contributed by atoms with Crippen molar-refractivity contribution in [2.24, 2.45) is 11.8 Å². The van der Waals surface area contributed by atoms with Crippen molar-refractivity contribution >= 4 is 17.8 Å². The van der Waals surface area contributed by atoms with Crippen LogP contribution in [0.15, 0.2) is 24.3 Å². The van der Waals surface area contributed by atoms with E-state index in [0.717, 1.165) is 57.8 Å². The van der Waals surface area contributed by atoms with Gasteiger partial charge in [0.15, 0.2) is 0 Å². The minimum atomic E-state index is -1.21. The van der Waals surface area contributed by atoms with E-state index in [2.05, 4.69) is 6.92 Å². The zero-order valence-corrected chi connectivity index (χ0v) is 21.8. The number of hydrogen-bond acceptors (Lipinski definition) is 6. The van der Waals surface area contributed by atoms with Gasteiger partial charge in [-0.05, 0) is 45.4 Å². The molecule has 4 rings (SSSR count). The molecule has 1 unspecified atom stereocenters. The third-order valence-corrected chi connectivity index (χ3v) is 8.17. The van der Waals surface area contributed by atoms with Crippen molar-refractivity contribution in [2.45, 2.75) is 88.9 Å². The van der Waals surface area contributed by atoms with Gasteiger partial charge < -0.3 is 24.4 Å². The van der Waals surface area contributed by atoms with Crippen LogP contribution in [0.1, 0.15) is 71.6 Å². The van der Waals surface area contributed by atoms with Crippen LogP contribution < -0.4 is 0 Å². The summed E-state index contributed by atoms with van der Waals surface area (Å²) in [7, 11) is 0. The SMILES string of the molecule is CCCCN1CC=C[C@]23O[C@@]4(C)/C=C\CCCCOC(=O)[C@H]4[C@H]2C(=O)N(CCCCCCO)C3C1=O. The van der Waals surface area contributed by atoms with Crippen molar-refractivity contribution in [2.75, 3.05) is 32.8 Å². The Kier molecular flexibility index (Phi) is 8.56. The molecule has 0 aromatic rings. The highest BCUT2D eigenvalue weighted by Gasteiger charge is 2.74. The van der Waals surface area contributed by atoms with E-state index in [1.807, 2.05) is 36.1 Å². The number of aliphatic hydroxyl groups excluding tert-OH is 1. The van der Waals surface area contributed by atoms with Gasteiger partial charge in [-0.1, -0.05) is 50.5 Å². The largest absolute Gasteiger partial charge is 0.465 e. The topological polar surface area (TPSA) is 96.4 Å². The zero-order chi connectivity index (χ0) is 25.8. The molecule has 0 aromatic carbocycles. The highest BCUT2D eigenvalue weighted by atomic mass is 16.6. The summed E-state index contributed by atoms with van der Waals surface area (Å²) >= 11 is 0. The highest BCUT2D eigenvalue weighted by molar-refractivity contribution is 5.99. The molecule has 0 aliphatic carbocycles. The van der Waals surface area contributed by atoms with Crippen LogP contribution in [0.5, 0.6) is 0 Å². The first-order valence-corrected chi connectivity index (χ1v) is 13.8. The summed E-state index contributed by atoms with van der Waals surface area (Å²) in [6.07, 6.45) is 15.3. The molecule has 0 saturated carbocycles. The molecule has 2 amide bonds. The van der Waals surface area contributed by atoms with Crippen molar-refractivity contribution in [1.29, 1.82) is 0 Å². The van der Waals surface area contributed by atoms with E-state index >= 15 is 0 Å². The van der Waals surface area contributed by atoms with Gasteiger partial charge in [-0.2, -0.15) is 0 Å². The van der Waals surface area contributed by atoms with Crippen molar-refractivity contribution in [3.8, 4) is 0 Å². The summed E-state index contributed by atoms with van der Waals surface area (Å²) in [4.78, 5) is 45.1. The second-order valence-corrected chi connectivity index (χ2v) is 10.8. The quantitative estimate of drug-likeness (QED) is 0.296. The van der Waals surface area contributed by atoms with E-state index in [1.54, 1.807) is 4.90 Å². The van der Waals surface area contributed by atoms with Gasteiger partial charge in [0, 0.05) is 26.2 Å². The Morgan fingerprint density at radius 3 is 2.56 bits per heavy atom. The first-order valence-electron chi connectivity index (χ1n) is 13.8. The van der Waals surface area contributed by atoms with E-state index in [-0.39, 0.29) is 18.4 Å². The summed E-state index contributed by atoms with van der Waals surface area (Å²) in [5, 5.41) is 9.10. The number of amides is 2. The maximum atomic E-state index is 14.1. The maximum Gasteiger partial charge on any atom is 0.313 e. The molecule has 4 aliphatic rings. The summed E-state index contributed by atoms with van der Waals surface area (Å²) < 4.78 is 12.5. The van der Waals surface area contributed by atoms with Crippen molar-refractivity contribution in [3.05, 3.63) is 24.3 Å². The van der Waals surface area contributed by atoms with Crippen LogP contribution in [0.2, 0.25) is 0 Å². The Bertz CT molecular complexity index is 887. The van der Waals surface area contributed by atoms with Gasteiger partial charge in [0.1, 0.15) is 17.6 Å². The molecule has 0 aromatic heterocycles. The van der Waals surface area contributed by atoms with Crippen molar-refractivity contribution in [3.63, 3.8) is 0 Å². The van der Waals surface area contributed by atoms with Crippen molar-refractivity contribution < 1.29 is 29.0 Å². The second-order valence-electron chi connectivity index (χ2n) is 10.8. The first-order chi connectivity index (χ1) is 17.4. The monoisotopic (exact) mass is 502 g/mol. The molecule has 0 bridgehead atoms. The Morgan fingerprint density at radius 1 is 0.972 bits per heavy atom. The molecule has 0 radical (unpaired) electrons. The minimum Gasteiger partial charge on any atom is -0.465 e. The van der Waals surface area contributed by atoms with E-state index in [4.69, 9.17) is 14.6 Å². The Balaban J connectivity index is 1.73. The molecule has 1 N–H and O–H groups in total. The first kappa shape index (κ1) is 26.9. The lowest BCUT2D eigenvalue weighted by Crippen LogP contribution is -2.56. The minimum absolute atomic E-state index is 0.107. The summed E-state index contributed by atoms with van der Waals surface area (Å²) in [5.74, 6) is -2.36. The molecule has 8 heteroatoms. The van der Waals surface area contributed by atoms with Crippen LogP contribution in [0, 0.1) is 11.8 Å². The number of likely N-dealkylation sites (tertiary alicyclic amines) is 1. The van der Waals surface area contributed by atoms with Gasteiger partial charge in [0.2, 0.25) is 11.8 Å². The summed E-state index contributed by atoms with van der Waals surface area (Å²) in [5.41, 5.74) is -2.25. The fraction of sp³-hybridized carbons (Fsp3) is 0.750. The van der Waals surface area contributed by atoms with Crippen LogP contribution in [0.4, 0.5) is 0 Å². The van der Waals surface area contributed by atoms with Gasteiger partial charge in [-0.3, -0.25) is 14.4 Å². The van der Waals surface area contributed by atoms with E-state index in [0.29, 0.717) is 26.2 Å². The molecule has 5 atom stereocenters. The Morgan fingerprint density at radius 2 is 1.78 bits per heavy atom. The molecule has 4 aliphatic heterocycles. The Labute approximate surface area is 214 Å². The number of aliphatic hydroxyl groups is 1. The number of rotatable bonds is 9. The third kappa shape index (κ3) is 4.86. The third-order valence-electron chi connectivity index (χ3n) is 8.17. The zero-order valence-electron chi connectivity index (χ0n) is 21.8. The highest BCUT2D eigenvalue weighted by Crippen LogP contribution is 2.57. The number of esters is 1. The van der Waals surface area contributed by atoms with Gasteiger partial charge >= 0.3 is 5.97 Å². The van der Waals surface area contributed by atoms with Crippen LogP contribution in [-0.4, -0.2) is 82.8 Å². The fourth-order valence-corrected chi connectivity index (χ4v) is 6.38. The number of carbonyl (C=O) groups excluding carboxylic acids is 3. The predicted molar refractivity (Wildman–Crippen MR) is 135 cm³/mol. The van der Waals surface area contributed by atoms with Gasteiger partial charge in [0.25, 0.3) is 0 Å². The average molecular weight is 503 g/mol. The van der Waals surface area contributed by atoms with Crippen LogP contribution in [-0.2, 0) is 23.9 Å². The number of hydrogen-bond donors (Lipinski definition) is 1. The molecular weight excluding hydrogens is 460 g/mol. The van der Waals surface area contributed by atoms with Crippen LogP contribution >= 0.6 is 0 Å². The molecule has 2 saturated heterocycles. The number of fused-ring (bicyclic) bond motifs is 2. The average Bonchev–Trinajstić information content (AvgIpc) is 3.18. The second kappa shape index (κ2) is 11.5. The van der Waals surface area contributed by atoms with Crippen LogP contribution in [0.25, 0.3) is 0 Å². The fourth-order valence-electron chi connectivity index (χ4n) is 6.38. The lowest BCUT2D eigenvalue weighted by Gasteiger charge is -2.37. The molecule has 200 valence electrons. The normalized spacial score (nSPS) is 35.2. The lowest BCUT2D eigenvalue weighted by atomic mass is 9.74. The molecular formula is C28H42N2O6. The molecule has 36 heavy (non-hydrogen) atoms. The van der Waals surface area contributed by atoms with Crippen LogP contribution in [0.3, 0.4) is 0 Å². The molecule has 1 spiro atoms. The van der Waals surface area contributed by atoms with Crippen molar-refractivity contribution in [1.82, 2.24) is 9.80 Å². The number of allylic oxidation sites excluding steroid dienone is 1. The predicted octanol–water partition coefficient (Wildman–Crippen LogP) is 2.99. The number of carbonyl (C=O) groups is 3. The number of nitrogens with zero attached hydrogens (tertiary/aromatic N) is 2. The summed E-state index contributed by atoms with van der Waals surface area (Å²) in [6, 6.07) is -0.806. The number of cyclic esters (lactones) is 1. The van der Waals surface area contributed by atoms with E-state index in [9.17, 15) is 14.4 Å². The van der Waals surface area contributed by atoms with E-state index < -0.39 is 35.0 Å². The van der Waals surface area contributed by atoms with Gasteiger partial charge in [0.05, 0.1) is 18.1 Å². The Hall–Kier alpha value is -2.19. The molecule has 8 nitrogen and oxygen atoms in total. The molecule has 4 heterocycles. The number of unbranched alkanes of at least 4 members (excludes halogenated alkanes) is 4. The number of ether oxygens (including phenoxy) is 2. The summed E-state index contributed by atoms with van der Waals surface area (Å²) in [6.45, 7) is 5.93. The standard InChI is InChI=1S/C28H42N2O6/c1-3-4-16-29-17-13-15-28-21(22-26(34)35-20-12-8-5-9-14-27(22,2)36-28)24(32)30(23(28)25(29)33)18-10-6-7-11-19-31/h9,13-15,21-23,31H,3-8,10-12,16-20H2,1-2H3/b14-9-/t21-,22+,23?,27-,28-/m0/s1.